The Balaban J connectivity index is 1.69. The molecule has 0 aromatic heterocycles. The lowest BCUT2D eigenvalue weighted by molar-refractivity contribution is -0.112. The molecular weight excluding hydrogens is 228 g/mol. The van der Waals surface area contributed by atoms with Crippen LogP contribution >= 0.6 is 0 Å². The zero-order valence-corrected chi connectivity index (χ0v) is 11.1. The molecule has 2 fully saturated rings. The minimum Gasteiger partial charge on any atom is -0.498 e. The molecule has 2 bridgehead atoms. The van der Waals surface area contributed by atoms with Crippen molar-refractivity contribution in [3.63, 3.8) is 0 Å². The fraction of sp³-hybridized carbons (Fsp3) is 0.800. The summed E-state index contributed by atoms with van der Waals surface area (Å²) in [6.07, 6.45) is 9.19. The van der Waals surface area contributed by atoms with Gasteiger partial charge in [0.15, 0.2) is 0 Å². The standard InChI is InChI=1S/C15H22O3/c1-17-13-5-3-11(9-16)8-15(13)18-14-7-10-2-4-12(14)6-10/h9-12,14H,2-8H2,1H3/t10?,11-,12+,14+/m1/s1. The predicted octanol–water partition coefficient (Wildman–Crippen LogP) is 3.05. The summed E-state index contributed by atoms with van der Waals surface area (Å²) < 4.78 is 11.6. The Morgan fingerprint density at radius 2 is 2.06 bits per heavy atom. The van der Waals surface area contributed by atoms with Gasteiger partial charge in [0.25, 0.3) is 0 Å². The number of hydrogen-bond donors (Lipinski definition) is 0. The van der Waals surface area contributed by atoms with Crippen molar-refractivity contribution in [2.24, 2.45) is 17.8 Å². The maximum Gasteiger partial charge on any atom is 0.135 e. The summed E-state index contributed by atoms with van der Waals surface area (Å²) in [6.45, 7) is 0. The fourth-order valence-corrected chi connectivity index (χ4v) is 3.87. The highest BCUT2D eigenvalue weighted by atomic mass is 16.5. The van der Waals surface area contributed by atoms with Gasteiger partial charge in [-0.1, -0.05) is 0 Å². The molecule has 0 heterocycles. The van der Waals surface area contributed by atoms with Gasteiger partial charge in [0.1, 0.15) is 23.9 Å². The van der Waals surface area contributed by atoms with Crippen LogP contribution in [0.2, 0.25) is 0 Å². The first kappa shape index (κ1) is 12.1. The van der Waals surface area contributed by atoms with E-state index in [2.05, 4.69) is 0 Å². The highest BCUT2D eigenvalue weighted by molar-refractivity contribution is 5.54. The third-order valence-electron chi connectivity index (χ3n) is 4.91. The van der Waals surface area contributed by atoms with Gasteiger partial charge in [-0.2, -0.15) is 0 Å². The molecule has 0 spiro atoms. The molecule has 0 aliphatic heterocycles. The molecule has 0 radical (unpaired) electrons. The lowest BCUT2D eigenvalue weighted by Gasteiger charge is -2.29. The fourth-order valence-electron chi connectivity index (χ4n) is 3.87. The number of hydrogen-bond acceptors (Lipinski definition) is 3. The maximum absolute atomic E-state index is 10.9. The van der Waals surface area contributed by atoms with E-state index >= 15 is 0 Å². The number of methoxy groups -OCH3 is 1. The quantitative estimate of drug-likeness (QED) is 0.719. The number of fused-ring (bicyclic) bond motifs is 2. The van der Waals surface area contributed by atoms with Gasteiger partial charge in [-0.3, -0.25) is 0 Å². The molecule has 3 aliphatic rings. The van der Waals surface area contributed by atoms with Crippen LogP contribution in [0.3, 0.4) is 0 Å². The van der Waals surface area contributed by atoms with Crippen molar-refractivity contribution in [2.45, 2.75) is 51.0 Å². The molecule has 3 heteroatoms. The molecule has 0 aromatic carbocycles. The second-order valence-corrected chi connectivity index (χ2v) is 6.02. The largest absolute Gasteiger partial charge is 0.498 e. The van der Waals surface area contributed by atoms with Crippen LogP contribution in [0.5, 0.6) is 0 Å². The lowest BCUT2D eigenvalue weighted by Crippen LogP contribution is -2.24. The van der Waals surface area contributed by atoms with Crippen LogP contribution in [0.4, 0.5) is 0 Å². The van der Waals surface area contributed by atoms with Gasteiger partial charge in [-0.05, 0) is 43.9 Å². The second kappa shape index (κ2) is 4.94. The number of aldehydes is 1. The Morgan fingerprint density at radius 1 is 1.17 bits per heavy atom. The summed E-state index contributed by atoms with van der Waals surface area (Å²) in [4.78, 5) is 10.9. The smallest absolute Gasteiger partial charge is 0.135 e. The van der Waals surface area contributed by atoms with Crippen LogP contribution in [-0.2, 0) is 14.3 Å². The summed E-state index contributed by atoms with van der Waals surface area (Å²) in [5.74, 6) is 3.68. The molecule has 18 heavy (non-hydrogen) atoms. The first-order valence-corrected chi connectivity index (χ1v) is 7.18. The second-order valence-electron chi connectivity index (χ2n) is 6.02. The van der Waals surface area contributed by atoms with Crippen molar-refractivity contribution < 1.29 is 14.3 Å². The van der Waals surface area contributed by atoms with Crippen molar-refractivity contribution >= 4 is 6.29 Å². The van der Waals surface area contributed by atoms with E-state index in [1.54, 1.807) is 7.11 Å². The van der Waals surface area contributed by atoms with Gasteiger partial charge < -0.3 is 14.3 Å². The zero-order chi connectivity index (χ0) is 12.5. The molecule has 2 saturated carbocycles. The van der Waals surface area contributed by atoms with Crippen molar-refractivity contribution in [1.82, 2.24) is 0 Å². The van der Waals surface area contributed by atoms with Crippen molar-refractivity contribution in [1.29, 1.82) is 0 Å². The number of ether oxygens (including phenoxy) is 2. The SMILES string of the molecule is COC1=C(O[C@H]2CC3CC[C@H]2C3)C[C@H](C=O)CC1. The van der Waals surface area contributed by atoms with Crippen LogP contribution < -0.4 is 0 Å². The molecule has 1 unspecified atom stereocenters. The Hall–Kier alpha value is -0.990. The average Bonchev–Trinajstić information content (AvgIpc) is 3.01. The third-order valence-corrected chi connectivity index (χ3v) is 4.91. The van der Waals surface area contributed by atoms with Gasteiger partial charge >= 0.3 is 0 Å². The van der Waals surface area contributed by atoms with Crippen molar-refractivity contribution in [3.05, 3.63) is 11.5 Å². The third kappa shape index (κ3) is 2.15. The first-order chi connectivity index (χ1) is 8.80. The lowest BCUT2D eigenvalue weighted by atomic mass is 9.92. The van der Waals surface area contributed by atoms with Gasteiger partial charge in [-0.15, -0.1) is 0 Å². The number of rotatable bonds is 4. The number of carbonyl (C=O) groups is 1. The zero-order valence-electron chi connectivity index (χ0n) is 11.1. The molecule has 3 rings (SSSR count). The molecule has 0 aromatic rings. The Labute approximate surface area is 109 Å². The highest BCUT2D eigenvalue weighted by Gasteiger charge is 2.41. The normalized spacial score (nSPS) is 38.9. The molecule has 0 saturated heterocycles. The van der Waals surface area contributed by atoms with Gasteiger partial charge in [0.2, 0.25) is 0 Å². The summed E-state index contributed by atoms with van der Waals surface area (Å²) in [5.41, 5.74) is 0. The van der Waals surface area contributed by atoms with E-state index in [-0.39, 0.29) is 5.92 Å². The van der Waals surface area contributed by atoms with Gasteiger partial charge in [-0.25, -0.2) is 0 Å². The molecule has 3 nitrogen and oxygen atoms in total. The maximum atomic E-state index is 10.9. The van der Waals surface area contributed by atoms with E-state index in [0.717, 1.165) is 48.9 Å². The van der Waals surface area contributed by atoms with E-state index in [4.69, 9.17) is 9.47 Å². The monoisotopic (exact) mass is 250 g/mol. The minimum atomic E-state index is 0.123. The summed E-state index contributed by atoms with van der Waals surface area (Å²) in [6, 6.07) is 0. The van der Waals surface area contributed by atoms with E-state index in [1.807, 2.05) is 0 Å². The van der Waals surface area contributed by atoms with Crippen LogP contribution in [0, 0.1) is 17.8 Å². The van der Waals surface area contributed by atoms with Gasteiger partial charge in [0, 0.05) is 18.8 Å². The van der Waals surface area contributed by atoms with E-state index in [0.29, 0.717) is 6.10 Å². The van der Waals surface area contributed by atoms with Crippen LogP contribution in [0.25, 0.3) is 0 Å². The molecule has 0 N–H and O–H groups in total. The van der Waals surface area contributed by atoms with Crippen LogP contribution in [-0.4, -0.2) is 19.5 Å². The minimum absolute atomic E-state index is 0.123. The van der Waals surface area contributed by atoms with E-state index < -0.39 is 0 Å². The van der Waals surface area contributed by atoms with E-state index in [1.165, 1.54) is 25.7 Å². The predicted molar refractivity (Wildman–Crippen MR) is 67.8 cm³/mol. The summed E-state index contributed by atoms with van der Waals surface area (Å²) >= 11 is 0. The van der Waals surface area contributed by atoms with Crippen molar-refractivity contribution in [3.8, 4) is 0 Å². The van der Waals surface area contributed by atoms with Gasteiger partial charge in [0.05, 0.1) is 7.11 Å². The Bertz CT molecular complexity index is 361. The van der Waals surface area contributed by atoms with Crippen LogP contribution in [0.15, 0.2) is 11.5 Å². The molecule has 3 aliphatic carbocycles. The average molecular weight is 250 g/mol. The molecule has 0 amide bonds. The molecular formula is C15H22O3. The molecule has 100 valence electrons. The Kier molecular flexibility index (Phi) is 3.31. The highest BCUT2D eigenvalue weighted by Crippen LogP contribution is 2.47. The van der Waals surface area contributed by atoms with E-state index in [9.17, 15) is 4.79 Å². The summed E-state index contributed by atoms with van der Waals surface area (Å²) in [5, 5.41) is 0. The number of carbonyl (C=O) groups excluding carboxylic acids is 1. The Morgan fingerprint density at radius 3 is 2.67 bits per heavy atom. The molecule has 4 atom stereocenters. The van der Waals surface area contributed by atoms with Crippen molar-refractivity contribution in [2.75, 3.05) is 7.11 Å². The number of allylic oxidation sites excluding steroid dienone is 2. The summed E-state index contributed by atoms with van der Waals surface area (Å²) in [7, 11) is 1.71. The first-order valence-electron chi connectivity index (χ1n) is 7.18. The van der Waals surface area contributed by atoms with Crippen LogP contribution in [0.1, 0.15) is 44.9 Å². The topological polar surface area (TPSA) is 35.5 Å².